The topological polar surface area (TPSA) is 30.5 Å². The van der Waals surface area contributed by atoms with Crippen LogP contribution in [-0.2, 0) is 6.42 Å². The highest BCUT2D eigenvalue weighted by molar-refractivity contribution is 5.44. The maximum Gasteiger partial charge on any atom is 0.231 e. The van der Waals surface area contributed by atoms with Gasteiger partial charge in [0.15, 0.2) is 11.5 Å². The minimum atomic E-state index is 0.331. The highest BCUT2D eigenvalue weighted by Gasteiger charge is 2.15. The van der Waals surface area contributed by atoms with Crippen LogP contribution in [0.4, 0.5) is 0 Å². The molecule has 0 spiro atoms. The molecule has 1 aliphatic heterocycles. The Labute approximate surface area is 125 Å². The summed E-state index contributed by atoms with van der Waals surface area (Å²) in [4.78, 5) is 0. The van der Waals surface area contributed by atoms with Gasteiger partial charge in [-0.25, -0.2) is 0 Å². The normalized spacial score (nSPS) is 15.7. The molecule has 1 N–H and O–H groups in total. The van der Waals surface area contributed by atoms with E-state index in [1.807, 2.05) is 12.1 Å². The second-order valence-corrected chi connectivity index (χ2v) is 5.59. The van der Waals surface area contributed by atoms with Crippen molar-refractivity contribution in [2.75, 3.05) is 6.79 Å². The lowest BCUT2D eigenvalue weighted by molar-refractivity contribution is 0.174. The van der Waals surface area contributed by atoms with Gasteiger partial charge in [0.2, 0.25) is 6.79 Å². The van der Waals surface area contributed by atoms with Crippen molar-refractivity contribution in [2.24, 2.45) is 0 Å². The van der Waals surface area contributed by atoms with Gasteiger partial charge in [-0.05, 0) is 43.5 Å². The lowest BCUT2D eigenvalue weighted by atomic mass is 10.0. The summed E-state index contributed by atoms with van der Waals surface area (Å²) in [5.74, 6) is 1.70. The van der Waals surface area contributed by atoms with Crippen molar-refractivity contribution in [3.63, 3.8) is 0 Å². The van der Waals surface area contributed by atoms with Gasteiger partial charge in [-0.15, -0.1) is 0 Å². The quantitative estimate of drug-likeness (QED) is 0.907. The molecule has 1 heterocycles. The molecule has 0 fully saturated rings. The van der Waals surface area contributed by atoms with Crippen molar-refractivity contribution in [2.45, 2.75) is 32.4 Å². The molecule has 0 radical (unpaired) electrons. The van der Waals surface area contributed by atoms with Gasteiger partial charge in [0, 0.05) is 12.1 Å². The summed E-state index contributed by atoms with van der Waals surface area (Å²) in [6.07, 6.45) is 0.966. The smallest absolute Gasteiger partial charge is 0.231 e. The maximum absolute atomic E-state index is 5.43. The summed E-state index contributed by atoms with van der Waals surface area (Å²) >= 11 is 0. The standard InChI is InChI=1S/C18H21NO2/c1-13(19-14(2)16-6-4-3-5-7-16)10-15-8-9-17-18(11-15)21-12-20-17/h3-9,11,13-14,19H,10,12H2,1-2H3/t13-,14-/m1/s1. The first kappa shape index (κ1) is 14.0. The van der Waals surface area contributed by atoms with E-state index in [1.54, 1.807) is 0 Å². The molecular weight excluding hydrogens is 262 g/mol. The molecular formula is C18H21NO2. The van der Waals surface area contributed by atoms with E-state index in [-0.39, 0.29) is 0 Å². The van der Waals surface area contributed by atoms with Crippen LogP contribution in [0, 0.1) is 0 Å². The lowest BCUT2D eigenvalue weighted by Crippen LogP contribution is -2.30. The fraction of sp³-hybridized carbons (Fsp3) is 0.333. The third kappa shape index (κ3) is 3.37. The molecule has 0 aliphatic carbocycles. The average molecular weight is 283 g/mol. The molecule has 1 aliphatic rings. The number of hydrogen-bond donors (Lipinski definition) is 1. The molecule has 0 amide bonds. The number of ether oxygens (including phenoxy) is 2. The SMILES string of the molecule is C[C@H](Cc1ccc2c(c1)OCO2)N[C@H](C)c1ccccc1. The van der Waals surface area contributed by atoms with Crippen molar-refractivity contribution in [1.82, 2.24) is 5.32 Å². The van der Waals surface area contributed by atoms with E-state index >= 15 is 0 Å². The third-order valence-electron chi connectivity index (χ3n) is 3.81. The summed E-state index contributed by atoms with van der Waals surface area (Å²) in [5, 5.41) is 3.64. The molecule has 3 nitrogen and oxygen atoms in total. The largest absolute Gasteiger partial charge is 0.454 e. The molecule has 0 aromatic heterocycles. The zero-order chi connectivity index (χ0) is 14.7. The minimum absolute atomic E-state index is 0.331. The summed E-state index contributed by atoms with van der Waals surface area (Å²) in [5.41, 5.74) is 2.58. The first-order valence-electron chi connectivity index (χ1n) is 7.42. The van der Waals surface area contributed by atoms with Gasteiger partial charge >= 0.3 is 0 Å². The average Bonchev–Trinajstić information content (AvgIpc) is 2.95. The highest BCUT2D eigenvalue weighted by atomic mass is 16.7. The Bertz CT molecular complexity index is 597. The lowest BCUT2D eigenvalue weighted by Gasteiger charge is -2.20. The van der Waals surface area contributed by atoms with Crippen LogP contribution in [0.5, 0.6) is 11.5 Å². The number of hydrogen-bond acceptors (Lipinski definition) is 3. The molecule has 21 heavy (non-hydrogen) atoms. The monoisotopic (exact) mass is 283 g/mol. The Morgan fingerprint density at radius 3 is 2.57 bits per heavy atom. The number of nitrogens with one attached hydrogen (secondary N) is 1. The van der Waals surface area contributed by atoms with Crippen LogP contribution in [0.15, 0.2) is 48.5 Å². The molecule has 2 atom stereocenters. The Morgan fingerprint density at radius 2 is 1.76 bits per heavy atom. The molecule has 110 valence electrons. The van der Waals surface area contributed by atoms with Crippen molar-refractivity contribution in [3.05, 3.63) is 59.7 Å². The fourth-order valence-electron chi connectivity index (χ4n) is 2.75. The van der Waals surface area contributed by atoms with Crippen LogP contribution in [0.1, 0.15) is 31.0 Å². The third-order valence-corrected chi connectivity index (χ3v) is 3.81. The van der Waals surface area contributed by atoms with Gasteiger partial charge in [-0.1, -0.05) is 36.4 Å². The molecule has 0 saturated heterocycles. The maximum atomic E-state index is 5.43. The molecule has 3 rings (SSSR count). The predicted octanol–water partition coefficient (Wildman–Crippen LogP) is 3.70. The highest BCUT2D eigenvalue weighted by Crippen LogP contribution is 2.32. The fourth-order valence-corrected chi connectivity index (χ4v) is 2.75. The molecule has 3 heteroatoms. The van der Waals surface area contributed by atoms with Crippen LogP contribution in [0.2, 0.25) is 0 Å². The molecule has 0 bridgehead atoms. The van der Waals surface area contributed by atoms with Gasteiger partial charge in [-0.3, -0.25) is 0 Å². The summed E-state index contributed by atoms with van der Waals surface area (Å²) < 4.78 is 10.8. The van der Waals surface area contributed by atoms with Gasteiger partial charge in [0.05, 0.1) is 0 Å². The zero-order valence-electron chi connectivity index (χ0n) is 12.5. The Balaban J connectivity index is 1.60. The molecule has 0 unspecified atom stereocenters. The number of rotatable bonds is 5. The van der Waals surface area contributed by atoms with Crippen LogP contribution < -0.4 is 14.8 Å². The molecule has 2 aromatic rings. The van der Waals surface area contributed by atoms with Crippen LogP contribution in [-0.4, -0.2) is 12.8 Å². The van der Waals surface area contributed by atoms with Crippen LogP contribution >= 0.6 is 0 Å². The van der Waals surface area contributed by atoms with Gasteiger partial charge in [0.25, 0.3) is 0 Å². The van der Waals surface area contributed by atoms with E-state index < -0.39 is 0 Å². The first-order valence-corrected chi connectivity index (χ1v) is 7.42. The minimum Gasteiger partial charge on any atom is -0.454 e. The van der Waals surface area contributed by atoms with E-state index in [1.165, 1.54) is 11.1 Å². The van der Waals surface area contributed by atoms with Crippen LogP contribution in [0.25, 0.3) is 0 Å². The zero-order valence-corrected chi connectivity index (χ0v) is 12.5. The van der Waals surface area contributed by atoms with Gasteiger partial charge in [-0.2, -0.15) is 0 Å². The second kappa shape index (κ2) is 6.19. The summed E-state index contributed by atoms with van der Waals surface area (Å²) in [6, 6.07) is 17.4. The number of benzene rings is 2. The molecule has 2 aromatic carbocycles. The van der Waals surface area contributed by atoms with E-state index in [4.69, 9.17) is 9.47 Å². The predicted molar refractivity (Wildman–Crippen MR) is 83.7 cm³/mol. The second-order valence-electron chi connectivity index (χ2n) is 5.59. The summed E-state index contributed by atoms with van der Waals surface area (Å²) in [6.45, 7) is 4.74. The van der Waals surface area contributed by atoms with E-state index in [0.29, 0.717) is 18.9 Å². The van der Waals surface area contributed by atoms with Gasteiger partial charge in [0.1, 0.15) is 0 Å². The van der Waals surface area contributed by atoms with Crippen molar-refractivity contribution in [1.29, 1.82) is 0 Å². The van der Waals surface area contributed by atoms with E-state index in [0.717, 1.165) is 17.9 Å². The Kier molecular flexibility index (Phi) is 4.11. The van der Waals surface area contributed by atoms with Gasteiger partial charge < -0.3 is 14.8 Å². The first-order chi connectivity index (χ1) is 10.2. The summed E-state index contributed by atoms with van der Waals surface area (Å²) in [7, 11) is 0. The van der Waals surface area contributed by atoms with E-state index in [2.05, 4.69) is 55.6 Å². The molecule has 0 saturated carbocycles. The Morgan fingerprint density at radius 1 is 1.00 bits per heavy atom. The van der Waals surface area contributed by atoms with Crippen molar-refractivity contribution < 1.29 is 9.47 Å². The van der Waals surface area contributed by atoms with Crippen molar-refractivity contribution in [3.8, 4) is 11.5 Å². The van der Waals surface area contributed by atoms with Crippen molar-refractivity contribution >= 4 is 0 Å². The number of fused-ring (bicyclic) bond motifs is 1. The van der Waals surface area contributed by atoms with Crippen LogP contribution in [0.3, 0.4) is 0 Å². The Hall–Kier alpha value is -2.00. The van der Waals surface area contributed by atoms with E-state index in [9.17, 15) is 0 Å².